The fourth-order valence-electron chi connectivity index (χ4n) is 2.08. The lowest BCUT2D eigenvalue weighted by atomic mass is 10.0. The van der Waals surface area contributed by atoms with Crippen molar-refractivity contribution in [2.24, 2.45) is 5.92 Å². The zero-order chi connectivity index (χ0) is 13.1. The molecule has 0 saturated carbocycles. The van der Waals surface area contributed by atoms with Crippen LogP contribution >= 0.6 is 0 Å². The number of nitrogens with one attached hydrogen (secondary N) is 1. The molecule has 4 heteroatoms. The Bertz CT molecular complexity index is 259. The molecule has 1 rings (SSSR count). The molecule has 1 atom stereocenters. The van der Waals surface area contributed by atoms with Crippen molar-refractivity contribution in [3.05, 3.63) is 0 Å². The highest BCUT2D eigenvalue weighted by atomic mass is 16.6. The number of ether oxygens (including phenoxy) is 1. The van der Waals surface area contributed by atoms with Crippen molar-refractivity contribution in [3.63, 3.8) is 0 Å². The van der Waals surface area contributed by atoms with Gasteiger partial charge in [-0.25, -0.2) is 4.79 Å². The minimum Gasteiger partial charge on any atom is -0.444 e. The molecular formula is C13H26N2O2. The van der Waals surface area contributed by atoms with E-state index in [-0.39, 0.29) is 12.1 Å². The summed E-state index contributed by atoms with van der Waals surface area (Å²) in [6.07, 6.45) is 0.844. The van der Waals surface area contributed by atoms with Crippen LogP contribution in [-0.2, 0) is 4.74 Å². The topological polar surface area (TPSA) is 41.6 Å². The van der Waals surface area contributed by atoms with Gasteiger partial charge in [-0.05, 0) is 33.1 Å². The predicted molar refractivity (Wildman–Crippen MR) is 69.1 cm³/mol. The maximum absolute atomic E-state index is 12.1. The summed E-state index contributed by atoms with van der Waals surface area (Å²) >= 11 is 0. The SMILES string of the molecule is CC(C)C[C@H]1CNCCN1C(=O)OC(C)(C)C. The molecule has 4 nitrogen and oxygen atoms in total. The molecule has 1 aliphatic heterocycles. The predicted octanol–water partition coefficient (Wildman–Crippen LogP) is 2.24. The van der Waals surface area contributed by atoms with Crippen molar-refractivity contribution < 1.29 is 9.53 Å². The van der Waals surface area contributed by atoms with Crippen LogP contribution in [0.25, 0.3) is 0 Å². The summed E-state index contributed by atoms with van der Waals surface area (Å²) in [6.45, 7) is 12.6. The third-order valence-electron chi connectivity index (χ3n) is 2.72. The molecule has 0 aromatic rings. The number of rotatable bonds is 2. The first-order valence-electron chi connectivity index (χ1n) is 6.50. The lowest BCUT2D eigenvalue weighted by Gasteiger charge is -2.37. The fraction of sp³-hybridized carbons (Fsp3) is 0.923. The molecule has 1 saturated heterocycles. The number of carbonyl (C=O) groups is 1. The second-order valence-corrected chi connectivity index (χ2v) is 6.16. The molecule has 100 valence electrons. The van der Waals surface area contributed by atoms with Crippen LogP contribution in [0, 0.1) is 5.92 Å². The van der Waals surface area contributed by atoms with Crippen molar-refractivity contribution in [1.82, 2.24) is 10.2 Å². The van der Waals surface area contributed by atoms with Crippen LogP contribution in [0.2, 0.25) is 0 Å². The van der Waals surface area contributed by atoms with Gasteiger partial charge in [0.1, 0.15) is 5.60 Å². The van der Waals surface area contributed by atoms with E-state index in [0.717, 1.165) is 26.1 Å². The van der Waals surface area contributed by atoms with Crippen molar-refractivity contribution in [1.29, 1.82) is 0 Å². The zero-order valence-electron chi connectivity index (χ0n) is 11.7. The number of carbonyl (C=O) groups excluding carboxylic acids is 1. The Morgan fingerprint density at radius 1 is 1.47 bits per heavy atom. The van der Waals surface area contributed by atoms with Crippen LogP contribution in [0.4, 0.5) is 4.79 Å². The molecule has 1 aliphatic rings. The van der Waals surface area contributed by atoms with E-state index in [0.29, 0.717) is 5.92 Å². The summed E-state index contributed by atoms with van der Waals surface area (Å²) in [6, 6.07) is 0.263. The van der Waals surface area contributed by atoms with Gasteiger partial charge in [0.05, 0.1) is 0 Å². The van der Waals surface area contributed by atoms with Crippen LogP contribution < -0.4 is 5.32 Å². The van der Waals surface area contributed by atoms with Crippen molar-refractivity contribution in [2.45, 2.75) is 52.7 Å². The van der Waals surface area contributed by atoms with Crippen molar-refractivity contribution in [2.75, 3.05) is 19.6 Å². The third kappa shape index (κ3) is 4.94. The molecular weight excluding hydrogens is 216 g/mol. The number of amides is 1. The third-order valence-corrected chi connectivity index (χ3v) is 2.72. The van der Waals surface area contributed by atoms with Crippen LogP contribution in [0.1, 0.15) is 41.0 Å². The molecule has 0 spiro atoms. The summed E-state index contributed by atoms with van der Waals surface area (Å²) in [5.74, 6) is 0.588. The van der Waals surface area contributed by atoms with Crippen LogP contribution in [0.15, 0.2) is 0 Å². The Balaban J connectivity index is 2.61. The van der Waals surface area contributed by atoms with E-state index in [1.165, 1.54) is 0 Å². The largest absolute Gasteiger partial charge is 0.444 e. The summed E-state index contributed by atoms with van der Waals surface area (Å²) in [5.41, 5.74) is -0.412. The molecule has 0 aliphatic carbocycles. The summed E-state index contributed by atoms with van der Waals surface area (Å²) in [4.78, 5) is 14.0. The molecule has 1 fully saturated rings. The monoisotopic (exact) mass is 242 g/mol. The first-order valence-corrected chi connectivity index (χ1v) is 6.50. The number of hydrogen-bond acceptors (Lipinski definition) is 3. The number of hydrogen-bond donors (Lipinski definition) is 1. The lowest BCUT2D eigenvalue weighted by Crippen LogP contribution is -2.55. The van der Waals surface area contributed by atoms with E-state index in [9.17, 15) is 4.79 Å². The lowest BCUT2D eigenvalue weighted by molar-refractivity contribution is 0.00989. The number of nitrogens with zero attached hydrogens (tertiary/aromatic N) is 1. The van der Waals surface area contributed by atoms with Gasteiger partial charge in [0.2, 0.25) is 0 Å². The molecule has 0 unspecified atom stereocenters. The molecule has 0 aromatic heterocycles. The second-order valence-electron chi connectivity index (χ2n) is 6.16. The van der Waals surface area contributed by atoms with E-state index in [4.69, 9.17) is 4.74 Å². The van der Waals surface area contributed by atoms with Gasteiger partial charge < -0.3 is 15.0 Å². The van der Waals surface area contributed by atoms with E-state index in [1.54, 1.807) is 0 Å². The molecule has 0 radical (unpaired) electrons. The Hall–Kier alpha value is -0.770. The maximum Gasteiger partial charge on any atom is 0.410 e. The van der Waals surface area contributed by atoms with Crippen molar-refractivity contribution in [3.8, 4) is 0 Å². The van der Waals surface area contributed by atoms with Gasteiger partial charge in [0.25, 0.3) is 0 Å². The van der Waals surface area contributed by atoms with Crippen molar-refractivity contribution >= 4 is 6.09 Å². The Morgan fingerprint density at radius 3 is 2.65 bits per heavy atom. The summed E-state index contributed by atoms with van der Waals surface area (Å²) in [5, 5.41) is 3.34. The first kappa shape index (κ1) is 14.3. The van der Waals surface area contributed by atoms with Crippen LogP contribution in [0.5, 0.6) is 0 Å². The minimum atomic E-state index is -0.412. The van der Waals surface area contributed by atoms with E-state index >= 15 is 0 Å². The molecule has 1 heterocycles. The molecule has 17 heavy (non-hydrogen) atoms. The normalized spacial score (nSPS) is 21.8. The average molecular weight is 242 g/mol. The standard InChI is InChI=1S/C13H26N2O2/c1-10(2)8-11-9-14-6-7-15(11)12(16)17-13(3,4)5/h10-11,14H,6-9H2,1-5H3/t11-/m0/s1. The van der Waals surface area contributed by atoms with E-state index in [2.05, 4.69) is 19.2 Å². The fourth-order valence-corrected chi connectivity index (χ4v) is 2.08. The Kier molecular flexibility index (Phi) is 4.80. The maximum atomic E-state index is 12.1. The van der Waals surface area contributed by atoms with Gasteiger partial charge in [-0.1, -0.05) is 13.8 Å². The molecule has 0 aromatic carbocycles. The van der Waals surface area contributed by atoms with Gasteiger partial charge in [-0.2, -0.15) is 0 Å². The first-order chi connectivity index (χ1) is 7.79. The number of piperazine rings is 1. The average Bonchev–Trinajstić information content (AvgIpc) is 2.14. The highest BCUT2D eigenvalue weighted by Gasteiger charge is 2.30. The Morgan fingerprint density at radius 2 is 2.12 bits per heavy atom. The molecule has 1 amide bonds. The van der Waals surface area contributed by atoms with Crippen LogP contribution in [-0.4, -0.2) is 42.3 Å². The smallest absolute Gasteiger partial charge is 0.410 e. The van der Waals surface area contributed by atoms with Crippen LogP contribution in [0.3, 0.4) is 0 Å². The van der Waals surface area contributed by atoms with E-state index < -0.39 is 5.60 Å². The highest BCUT2D eigenvalue weighted by Crippen LogP contribution is 2.17. The zero-order valence-corrected chi connectivity index (χ0v) is 11.7. The summed E-state index contributed by atoms with van der Waals surface area (Å²) < 4.78 is 5.45. The van der Waals surface area contributed by atoms with Gasteiger partial charge >= 0.3 is 6.09 Å². The highest BCUT2D eigenvalue weighted by molar-refractivity contribution is 5.68. The molecule has 0 bridgehead atoms. The Labute approximate surface area is 105 Å². The van der Waals surface area contributed by atoms with Gasteiger partial charge in [-0.15, -0.1) is 0 Å². The summed E-state index contributed by atoms with van der Waals surface area (Å²) in [7, 11) is 0. The second kappa shape index (κ2) is 5.71. The van der Waals surface area contributed by atoms with Gasteiger partial charge in [0.15, 0.2) is 0 Å². The quantitative estimate of drug-likeness (QED) is 0.807. The van der Waals surface area contributed by atoms with Gasteiger partial charge in [0, 0.05) is 25.7 Å². The minimum absolute atomic E-state index is 0.176. The molecule has 1 N–H and O–H groups in total. The van der Waals surface area contributed by atoms with Gasteiger partial charge in [-0.3, -0.25) is 0 Å². The van der Waals surface area contributed by atoms with E-state index in [1.807, 2.05) is 25.7 Å².